The van der Waals surface area contributed by atoms with Crippen LogP contribution < -0.4 is 5.73 Å². The molecular weight excluding hydrogens is 216 g/mol. The van der Waals surface area contributed by atoms with E-state index in [1.54, 1.807) is 0 Å². The third-order valence-electron chi connectivity index (χ3n) is 3.35. The molecule has 1 aromatic rings. The van der Waals surface area contributed by atoms with Crippen LogP contribution in [0.15, 0.2) is 0 Å². The summed E-state index contributed by atoms with van der Waals surface area (Å²) in [5.41, 5.74) is 7.07. The Balaban J connectivity index is 2.23. The van der Waals surface area contributed by atoms with Crippen LogP contribution in [0.1, 0.15) is 67.4 Å². The van der Waals surface area contributed by atoms with E-state index < -0.39 is 0 Å². The molecule has 0 spiro atoms. The first kappa shape index (κ1) is 12.1. The number of nitrogens with zero attached hydrogens (tertiary/aromatic N) is 1. The largest absolute Gasteiger partial charge is 0.321 e. The molecule has 0 aliphatic heterocycles. The maximum atomic E-state index is 6.17. The summed E-state index contributed by atoms with van der Waals surface area (Å²) in [6.45, 7) is 6.23. The minimum absolute atomic E-state index is 0.241. The molecule has 1 aliphatic carbocycles. The minimum Gasteiger partial charge on any atom is -0.321 e. The van der Waals surface area contributed by atoms with E-state index in [9.17, 15) is 0 Å². The van der Waals surface area contributed by atoms with Gasteiger partial charge < -0.3 is 5.73 Å². The predicted molar refractivity (Wildman–Crippen MR) is 69.9 cm³/mol. The molecule has 0 aromatic carbocycles. The molecule has 16 heavy (non-hydrogen) atoms. The van der Waals surface area contributed by atoms with Crippen LogP contribution in [0.25, 0.3) is 0 Å². The number of aromatic nitrogens is 1. The quantitative estimate of drug-likeness (QED) is 0.853. The number of rotatable bonds is 2. The van der Waals surface area contributed by atoms with Gasteiger partial charge in [-0.15, -0.1) is 11.3 Å². The first-order valence-electron chi connectivity index (χ1n) is 6.25. The number of nitrogens with two attached hydrogens (primary N) is 1. The summed E-state index contributed by atoms with van der Waals surface area (Å²) in [7, 11) is 0. The number of hydrogen-bond acceptors (Lipinski definition) is 3. The molecular formula is C13H22N2S. The fourth-order valence-corrected chi connectivity index (χ4v) is 3.79. The summed E-state index contributed by atoms with van der Waals surface area (Å²) >= 11 is 1.84. The number of hydrogen-bond donors (Lipinski definition) is 1. The maximum absolute atomic E-state index is 6.17. The van der Waals surface area contributed by atoms with E-state index >= 15 is 0 Å². The van der Waals surface area contributed by atoms with Crippen LogP contribution in [0.3, 0.4) is 0 Å². The van der Waals surface area contributed by atoms with Crippen molar-refractivity contribution in [2.45, 2.75) is 64.3 Å². The monoisotopic (exact) mass is 238 g/mol. The van der Waals surface area contributed by atoms with Crippen molar-refractivity contribution in [2.24, 2.45) is 5.73 Å². The Morgan fingerprint density at radius 2 is 1.88 bits per heavy atom. The molecule has 0 bridgehead atoms. The summed E-state index contributed by atoms with van der Waals surface area (Å²) in [6, 6.07) is 0. The van der Waals surface area contributed by atoms with Crippen molar-refractivity contribution < 1.29 is 0 Å². The van der Waals surface area contributed by atoms with Crippen molar-refractivity contribution in [2.75, 3.05) is 0 Å². The highest BCUT2D eigenvalue weighted by Gasteiger charge is 2.25. The second-order valence-corrected chi connectivity index (χ2v) is 6.55. The highest BCUT2D eigenvalue weighted by molar-refractivity contribution is 7.12. The highest BCUT2D eigenvalue weighted by atomic mass is 32.1. The molecule has 0 radical (unpaired) electrons. The summed E-state index contributed by atoms with van der Waals surface area (Å²) in [5, 5.41) is 1.32. The second-order valence-electron chi connectivity index (χ2n) is 5.52. The molecule has 2 rings (SSSR count). The van der Waals surface area contributed by atoms with Crippen molar-refractivity contribution in [1.29, 1.82) is 0 Å². The third-order valence-corrected chi connectivity index (χ3v) is 5.01. The zero-order valence-electron chi connectivity index (χ0n) is 10.5. The second kappa shape index (κ2) is 4.46. The van der Waals surface area contributed by atoms with Crippen LogP contribution in [-0.2, 0) is 5.54 Å². The van der Waals surface area contributed by atoms with Crippen LogP contribution in [0.4, 0.5) is 0 Å². The summed E-state index contributed by atoms with van der Waals surface area (Å²) in [4.78, 5) is 6.00. The zero-order chi connectivity index (χ0) is 11.8. The van der Waals surface area contributed by atoms with Crippen molar-refractivity contribution in [3.8, 4) is 0 Å². The smallest absolute Gasteiger partial charge is 0.0962 e. The lowest BCUT2D eigenvalue weighted by atomic mass is 9.90. The lowest BCUT2D eigenvalue weighted by Gasteiger charge is -2.19. The van der Waals surface area contributed by atoms with Crippen LogP contribution in [0.5, 0.6) is 0 Å². The lowest BCUT2D eigenvalue weighted by molar-refractivity contribution is 0.442. The van der Waals surface area contributed by atoms with E-state index in [2.05, 4.69) is 20.8 Å². The standard InChI is InChI=1S/C13H22N2S/c1-9-11(13(2,3)14)16-12(15-9)10-7-5-4-6-8-10/h10H,4-8,14H2,1-3H3. The molecule has 1 fully saturated rings. The van der Waals surface area contributed by atoms with E-state index in [4.69, 9.17) is 10.7 Å². The molecule has 0 saturated heterocycles. The molecule has 1 heterocycles. The van der Waals surface area contributed by atoms with E-state index in [0.29, 0.717) is 5.92 Å². The molecule has 90 valence electrons. The van der Waals surface area contributed by atoms with Gasteiger partial charge in [0.2, 0.25) is 0 Å². The van der Waals surface area contributed by atoms with Crippen molar-refractivity contribution in [3.05, 3.63) is 15.6 Å². The molecule has 0 unspecified atom stereocenters. The molecule has 1 saturated carbocycles. The molecule has 2 nitrogen and oxygen atoms in total. The van der Waals surface area contributed by atoms with Crippen molar-refractivity contribution in [3.63, 3.8) is 0 Å². The number of thiazole rings is 1. The highest BCUT2D eigenvalue weighted by Crippen LogP contribution is 2.38. The van der Waals surface area contributed by atoms with Gasteiger partial charge in [0.05, 0.1) is 10.7 Å². The summed E-state index contributed by atoms with van der Waals surface area (Å²) in [5.74, 6) is 0.702. The number of aryl methyl sites for hydroxylation is 1. The Kier molecular flexibility index (Phi) is 3.36. The Hall–Kier alpha value is -0.410. The molecule has 0 amide bonds. The van der Waals surface area contributed by atoms with Crippen molar-refractivity contribution in [1.82, 2.24) is 4.98 Å². The van der Waals surface area contributed by atoms with E-state index in [1.807, 2.05) is 11.3 Å². The van der Waals surface area contributed by atoms with Crippen molar-refractivity contribution >= 4 is 11.3 Å². The minimum atomic E-state index is -0.241. The summed E-state index contributed by atoms with van der Waals surface area (Å²) in [6.07, 6.45) is 6.76. The van der Waals surface area contributed by atoms with Gasteiger partial charge in [-0.2, -0.15) is 0 Å². The Labute approximate surface area is 102 Å². The Morgan fingerprint density at radius 1 is 1.25 bits per heavy atom. The van der Waals surface area contributed by atoms with Gasteiger partial charge in [0.25, 0.3) is 0 Å². The van der Waals surface area contributed by atoms with Gasteiger partial charge in [0.15, 0.2) is 0 Å². The fourth-order valence-electron chi connectivity index (χ4n) is 2.54. The van der Waals surface area contributed by atoms with E-state index in [0.717, 1.165) is 5.69 Å². The van der Waals surface area contributed by atoms with Crippen LogP contribution in [0, 0.1) is 6.92 Å². The average Bonchev–Trinajstić information content (AvgIpc) is 2.61. The van der Waals surface area contributed by atoms with Gasteiger partial charge in [0.1, 0.15) is 0 Å². The molecule has 3 heteroatoms. The van der Waals surface area contributed by atoms with Gasteiger partial charge in [-0.25, -0.2) is 4.98 Å². The fraction of sp³-hybridized carbons (Fsp3) is 0.769. The maximum Gasteiger partial charge on any atom is 0.0962 e. The van der Waals surface area contributed by atoms with Gasteiger partial charge >= 0.3 is 0 Å². The molecule has 2 N–H and O–H groups in total. The molecule has 1 aromatic heterocycles. The average molecular weight is 238 g/mol. The Bertz CT molecular complexity index is 356. The Morgan fingerprint density at radius 3 is 2.38 bits per heavy atom. The SMILES string of the molecule is Cc1nc(C2CCCCC2)sc1C(C)(C)N. The van der Waals surface area contributed by atoms with Gasteiger partial charge in [-0.3, -0.25) is 0 Å². The zero-order valence-corrected chi connectivity index (χ0v) is 11.4. The topological polar surface area (TPSA) is 38.9 Å². The third kappa shape index (κ3) is 2.46. The van der Waals surface area contributed by atoms with E-state index in [-0.39, 0.29) is 5.54 Å². The first-order valence-corrected chi connectivity index (χ1v) is 7.07. The van der Waals surface area contributed by atoms with Crippen LogP contribution >= 0.6 is 11.3 Å². The predicted octanol–water partition coefficient (Wildman–Crippen LogP) is 3.69. The van der Waals surface area contributed by atoms with Gasteiger partial charge in [-0.05, 0) is 33.6 Å². The molecule has 1 aliphatic rings. The lowest BCUT2D eigenvalue weighted by Crippen LogP contribution is -2.28. The summed E-state index contributed by atoms with van der Waals surface area (Å²) < 4.78 is 0. The van der Waals surface area contributed by atoms with Crippen LogP contribution in [-0.4, -0.2) is 4.98 Å². The normalized spacial score (nSPS) is 19.0. The van der Waals surface area contributed by atoms with Gasteiger partial charge in [0, 0.05) is 16.3 Å². The van der Waals surface area contributed by atoms with E-state index in [1.165, 1.54) is 42.0 Å². The van der Waals surface area contributed by atoms with Crippen LogP contribution in [0.2, 0.25) is 0 Å². The van der Waals surface area contributed by atoms with Gasteiger partial charge in [-0.1, -0.05) is 19.3 Å². The molecule has 0 atom stereocenters. The first-order chi connectivity index (χ1) is 7.48.